The Morgan fingerprint density at radius 2 is 1.61 bits per heavy atom. The number of ketones is 1. The maximum absolute atomic E-state index is 12.7. The van der Waals surface area contributed by atoms with Gasteiger partial charge in [0.15, 0.2) is 11.0 Å². The molecule has 3 fully saturated rings. The SMILES string of the molecule is CCOC(=O)[C@@]12C(=O)C(=O)N[C@]1(C(=O)OCC)[C@@H]1CCCC[C@@H]12. The van der Waals surface area contributed by atoms with Crippen LogP contribution in [-0.4, -0.2) is 42.4 Å². The smallest absolute Gasteiger partial charge is 0.333 e. The largest absolute Gasteiger partial charge is 0.465 e. The van der Waals surface area contributed by atoms with Crippen LogP contribution in [0.5, 0.6) is 0 Å². The first-order valence-electron chi connectivity index (χ1n) is 8.19. The van der Waals surface area contributed by atoms with Crippen LogP contribution in [0.25, 0.3) is 0 Å². The van der Waals surface area contributed by atoms with Crippen LogP contribution in [0.2, 0.25) is 0 Å². The van der Waals surface area contributed by atoms with Crippen LogP contribution in [0.4, 0.5) is 0 Å². The molecule has 2 aliphatic carbocycles. The minimum Gasteiger partial charge on any atom is -0.465 e. The topological polar surface area (TPSA) is 98.8 Å². The van der Waals surface area contributed by atoms with E-state index < -0.39 is 34.6 Å². The van der Waals surface area contributed by atoms with Crippen LogP contribution in [0, 0.1) is 17.3 Å². The number of ether oxygens (including phenoxy) is 2. The summed E-state index contributed by atoms with van der Waals surface area (Å²) in [6.07, 6.45) is 3.07. The first kappa shape index (κ1) is 16.0. The molecular formula is C16H21NO6. The summed E-state index contributed by atoms with van der Waals surface area (Å²) in [6.45, 7) is 3.47. The summed E-state index contributed by atoms with van der Waals surface area (Å²) in [6, 6.07) is 0. The van der Waals surface area contributed by atoms with E-state index in [1.807, 2.05) is 0 Å². The van der Waals surface area contributed by atoms with E-state index in [2.05, 4.69) is 5.32 Å². The van der Waals surface area contributed by atoms with Crippen LogP contribution in [0.3, 0.4) is 0 Å². The molecule has 0 unspecified atom stereocenters. The third-order valence-corrected chi connectivity index (χ3v) is 5.57. The number of hydrogen-bond donors (Lipinski definition) is 1. The number of carbonyl (C=O) groups excluding carboxylic acids is 4. The Hall–Kier alpha value is -1.92. The lowest BCUT2D eigenvalue weighted by Gasteiger charge is -2.62. The van der Waals surface area contributed by atoms with Crippen LogP contribution in [0.1, 0.15) is 39.5 Å². The van der Waals surface area contributed by atoms with E-state index >= 15 is 0 Å². The number of rotatable bonds is 4. The number of Topliss-reactive ketones (excluding diaryl/α,β-unsaturated/α-hetero) is 1. The summed E-state index contributed by atoms with van der Waals surface area (Å²) in [7, 11) is 0. The predicted molar refractivity (Wildman–Crippen MR) is 77.0 cm³/mol. The quantitative estimate of drug-likeness (QED) is 0.455. The number of carbonyl (C=O) groups is 4. The second-order valence-corrected chi connectivity index (χ2v) is 6.34. The van der Waals surface area contributed by atoms with Gasteiger partial charge < -0.3 is 14.8 Å². The molecule has 0 bridgehead atoms. The van der Waals surface area contributed by atoms with Gasteiger partial charge in [-0.3, -0.25) is 14.4 Å². The lowest BCUT2D eigenvalue weighted by molar-refractivity contribution is -0.213. The Bertz CT molecular complexity index is 587. The fourth-order valence-electron chi connectivity index (χ4n) is 4.87. The van der Waals surface area contributed by atoms with Gasteiger partial charge in [0.05, 0.1) is 13.2 Å². The molecule has 7 heteroatoms. The molecule has 0 radical (unpaired) electrons. The molecule has 1 amide bonds. The second-order valence-electron chi connectivity index (χ2n) is 6.34. The molecule has 7 nitrogen and oxygen atoms in total. The Balaban J connectivity index is 2.15. The van der Waals surface area contributed by atoms with Gasteiger partial charge in [-0.1, -0.05) is 12.8 Å². The number of fused-ring (bicyclic) bond motifs is 4. The highest BCUT2D eigenvalue weighted by atomic mass is 16.5. The van der Waals surface area contributed by atoms with E-state index in [0.717, 1.165) is 12.8 Å². The monoisotopic (exact) mass is 323 g/mol. The molecule has 1 heterocycles. The molecule has 23 heavy (non-hydrogen) atoms. The average molecular weight is 323 g/mol. The van der Waals surface area contributed by atoms with Gasteiger partial charge in [0, 0.05) is 0 Å². The number of hydrogen-bond acceptors (Lipinski definition) is 6. The minimum absolute atomic E-state index is 0.0817. The molecule has 2 saturated carbocycles. The summed E-state index contributed by atoms with van der Waals surface area (Å²) in [4.78, 5) is 50.2. The Morgan fingerprint density at radius 3 is 2.22 bits per heavy atom. The van der Waals surface area contributed by atoms with Gasteiger partial charge in [0.1, 0.15) is 0 Å². The molecule has 0 aromatic carbocycles. The van der Waals surface area contributed by atoms with Gasteiger partial charge in [-0.2, -0.15) is 0 Å². The molecule has 1 saturated heterocycles. The van der Waals surface area contributed by atoms with Crippen LogP contribution in [0.15, 0.2) is 0 Å². The molecular weight excluding hydrogens is 302 g/mol. The molecule has 4 atom stereocenters. The van der Waals surface area contributed by atoms with Crippen molar-refractivity contribution in [3.05, 3.63) is 0 Å². The van der Waals surface area contributed by atoms with Gasteiger partial charge in [0.25, 0.3) is 5.91 Å². The average Bonchev–Trinajstić information content (AvgIpc) is 2.72. The molecule has 0 aromatic heterocycles. The third kappa shape index (κ3) is 1.65. The standard InChI is InChI=1S/C16H21NO6/c1-3-22-13(20)15-9-7-5-6-8-10(9)16(15,14(21)23-4-2)17-12(19)11(15)18/h9-10H,3-8H2,1-2H3,(H,17,19)/t9-,10+,15+,16-/m0/s1. The van der Waals surface area contributed by atoms with Crippen LogP contribution >= 0.6 is 0 Å². The maximum Gasteiger partial charge on any atom is 0.333 e. The Morgan fingerprint density at radius 1 is 1.04 bits per heavy atom. The molecule has 126 valence electrons. The summed E-state index contributed by atoms with van der Waals surface area (Å²) in [5, 5.41) is 2.52. The van der Waals surface area contributed by atoms with Crippen LogP contribution in [-0.2, 0) is 28.7 Å². The fourth-order valence-corrected chi connectivity index (χ4v) is 4.87. The summed E-state index contributed by atoms with van der Waals surface area (Å²) in [5.41, 5.74) is -3.34. The second kappa shape index (κ2) is 5.32. The zero-order valence-corrected chi connectivity index (χ0v) is 13.3. The van der Waals surface area contributed by atoms with Gasteiger partial charge in [-0.05, 0) is 38.5 Å². The highest BCUT2D eigenvalue weighted by Crippen LogP contribution is 2.67. The van der Waals surface area contributed by atoms with Crippen LogP contribution < -0.4 is 5.32 Å². The van der Waals surface area contributed by atoms with Gasteiger partial charge in [0.2, 0.25) is 5.78 Å². The zero-order valence-electron chi connectivity index (χ0n) is 13.3. The number of nitrogens with one attached hydrogen (secondary N) is 1. The Labute approximate surface area is 134 Å². The first-order valence-corrected chi connectivity index (χ1v) is 8.19. The summed E-state index contributed by atoms with van der Waals surface area (Å²) >= 11 is 0. The van der Waals surface area contributed by atoms with Gasteiger partial charge in [-0.15, -0.1) is 0 Å². The molecule has 0 aromatic rings. The normalized spacial score (nSPS) is 38.0. The maximum atomic E-state index is 12.7. The van der Waals surface area contributed by atoms with E-state index in [0.29, 0.717) is 12.8 Å². The zero-order chi connectivity index (χ0) is 16.8. The number of amides is 1. The van der Waals surface area contributed by atoms with Crippen molar-refractivity contribution in [2.45, 2.75) is 45.1 Å². The first-order chi connectivity index (χ1) is 11.0. The Kier molecular flexibility index (Phi) is 3.69. The fraction of sp³-hybridized carbons (Fsp3) is 0.750. The number of esters is 2. The van der Waals surface area contributed by atoms with Crippen molar-refractivity contribution in [3.8, 4) is 0 Å². The molecule has 3 aliphatic rings. The molecule has 1 aliphatic heterocycles. The minimum atomic E-state index is -1.75. The molecule has 1 N–H and O–H groups in total. The molecule has 0 spiro atoms. The van der Waals surface area contributed by atoms with E-state index in [4.69, 9.17) is 9.47 Å². The highest BCUT2D eigenvalue weighted by molar-refractivity contribution is 6.47. The molecule has 3 rings (SSSR count). The van der Waals surface area contributed by atoms with Crippen molar-refractivity contribution in [1.29, 1.82) is 0 Å². The lowest BCUT2D eigenvalue weighted by atomic mass is 9.39. The van der Waals surface area contributed by atoms with Crippen molar-refractivity contribution < 1.29 is 28.7 Å². The van der Waals surface area contributed by atoms with E-state index in [1.165, 1.54) is 0 Å². The highest BCUT2D eigenvalue weighted by Gasteiger charge is 2.87. The predicted octanol–water partition coefficient (Wildman–Crippen LogP) is 0.357. The van der Waals surface area contributed by atoms with E-state index in [1.54, 1.807) is 13.8 Å². The summed E-state index contributed by atoms with van der Waals surface area (Å²) in [5.74, 6) is -3.82. The van der Waals surface area contributed by atoms with Crippen molar-refractivity contribution in [2.75, 3.05) is 13.2 Å². The van der Waals surface area contributed by atoms with Crippen molar-refractivity contribution in [1.82, 2.24) is 5.32 Å². The summed E-state index contributed by atoms with van der Waals surface area (Å²) < 4.78 is 10.2. The van der Waals surface area contributed by atoms with Crippen molar-refractivity contribution in [2.24, 2.45) is 17.3 Å². The van der Waals surface area contributed by atoms with E-state index in [9.17, 15) is 19.2 Å². The lowest BCUT2D eigenvalue weighted by Crippen LogP contribution is -2.80. The van der Waals surface area contributed by atoms with Crippen molar-refractivity contribution >= 4 is 23.6 Å². The van der Waals surface area contributed by atoms with Gasteiger partial charge in [-0.25, -0.2) is 4.79 Å². The third-order valence-electron chi connectivity index (χ3n) is 5.57. The van der Waals surface area contributed by atoms with Gasteiger partial charge >= 0.3 is 11.9 Å². The van der Waals surface area contributed by atoms with E-state index in [-0.39, 0.29) is 25.0 Å². The van der Waals surface area contributed by atoms with Crippen molar-refractivity contribution in [3.63, 3.8) is 0 Å².